The molecule has 0 aliphatic heterocycles. The summed E-state index contributed by atoms with van der Waals surface area (Å²) in [5.41, 5.74) is 7.13. The maximum absolute atomic E-state index is 12.2. The molecule has 0 fully saturated rings. The summed E-state index contributed by atoms with van der Waals surface area (Å²) in [5, 5.41) is 3.78. The highest BCUT2D eigenvalue weighted by molar-refractivity contribution is 7.13. The molecule has 0 saturated heterocycles. The zero-order chi connectivity index (χ0) is 16.3. The minimum absolute atomic E-state index is 0. The molecule has 2 rings (SSSR count). The van der Waals surface area contributed by atoms with E-state index in [0.717, 1.165) is 16.3 Å². The van der Waals surface area contributed by atoms with Gasteiger partial charge in [0, 0.05) is 35.6 Å². The number of carbonyl (C=O) groups excluding carboxylic acids is 1. The number of amides is 1. The van der Waals surface area contributed by atoms with Gasteiger partial charge in [-0.1, -0.05) is 23.2 Å². The zero-order valence-electron chi connectivity index (χ0n) is 13.2. The third-order valence-corrected chi connectivity index (χ3v) is 4.91. The minimum atomic E-state index is -0.00277. The molecule has 0 radical (unpaired) electrons. The Balaban J connectivity index is 0.00000264. The van der Waals surface area contributed by atoms with Crippen LogP contribution in [0.4, 0.5) is 0 Å². The van der Waals surface area contributed by atoms with Gasteiger partial charge in [0.25, 0.3) is 0 Å². The van der Waals surface area contributed by atoms with Gasteiger partial charge in [0.1, 0.15) is 5.01 Å². The number of aromatic nitrogens is 1. The second-order valence-corrected chi connectivity index (χ2v) is 6.74. The Bertz CT molecular complexity index is 680. The normalized spacial score (nSPS) is 11.2. The zero-order valence-corrected chi connectivity index (χ0v) is 17.1. The molecule has 1 atom stereocenters. The van der Waals surface area contributed by atoms with Crippen LogP contribution < -0.4 is 5.73 Å². The number of rotatable bonds is 5. The molecule has 2 N–H and O–H groups in total. The predicted molar refractivity (Wildman–Crippen MR) is 107 cm³/mol. The average molecular weight is 431 g/mol. The molecule has 0 aliphatic rings. The lowest BCUT2D eigenvalue weighted by molar-refractivity contribution is -0.130. The fourth-order valence-electron chi connectivity index (χ4n) is 1.86. The molecule has 134 valence electrons. The number of hydrogen-bond acceptors (Lipinski definition) is 4. The van der Waals surface area contributed by atoms with E-state index in [1.54, 1.807) is 24.1 Å². The van der Waals surface area contributed by atoms with E-state index in [-0.39, 0.29) is 43.2 Å². The summed E-state index contributed by atoms with van der Waals surface area (Å²) in [6, 6.07) is 5.29. The van der Waals surface area contributed by atoms with Gasteiger partial charge < -0.3 is 10.6 Å². The fraction of sp³-hybridized carbons (Fsp3) is 0.333. The summed E-state index contributed by atoms with van der Waals surface area (Å²) < 4.78 is 0. The van der Waals surface area contributed by atoms with E-state index >= 15 is 0 Å². The molecule has 1 aromatic carbocycles. The molecule has 0 aliphatic carbocycles. The smallest absolute Gasteiger partial charge is 0.228 e. The molecule has 0 spiro atoms. The van der Waals surface area contributed by atoms with E-state index < -0.39 is 0 Å². The van der Waals surface area contributed by atoms with Crippen molar-refractivity contribution in [1.29, 1.82) is 0 Å². The van der Waals surface area contributed by atoms with Crippen molar-refractivity contribution in [2.24, 2.45) is 5.73 Å². The van der Waals surface area contributed by atoms with Crippen LogP contribution in [-0.2, 0) is 11.2 Å². The van der Waals surface area contributed by atoms with Crippen LogP contribution in [0, 0.1) is 0 Å². The number of likely N-dealkylation sites (N-methyl/N-ethyl adjacent to an activating group) is 1. The summed E-state index contributed by atoms with van der Waals surface area (Å²) in [7, 11) is 1.75. The topological polar surface area (TPSA) is 59.2 Å². The van der Waals surface area contributed by atoms with Gasteiger partial charge in [0.05, 0.1) is 17.1 Å². The Labute approximate surface area is 168 Å². The van der Waals surface area contributed by atoms with Crippen molar-refractivity contribution in [2.45, 2.75) is 19.4 Å². The van der Waals surface area contributed by atoms with Gasteiger partial charge in [-0.25, -0.2) is 4.98 Å². The molecule has 24 heavy (non-hydrogen) atoms. The lowest BCUT2D eigenvalue weighted by atomic mass is 10.2. The van der Waals surface area contributed by atoms with E-state index in [0.29, 0.717) is 16.6 Å². The van der Waals surface area contributed by atoms with Crippen LogP contribution in [0.15, 0.2) is 23.6 Å². The van der Waals surface area contributed by atoms with Crippen LogP contribution in [-0.4, -0.2) is 35.4 Å². The number of benzene rings is 1. The molecular weight excluding hydrogens is 412 g/mol. The summed E-state index contributed by atoms with van der Waals surface area (Å²) in [4.78, 5) is 18.3. The van der Waals surface area contributed by atoms with Crippen molar-refractivity contribution >= 4 is 65.3 Å². The average Bonchev–Trinajstić information content (AvgIpc) is 2.93. The highest BCUT2D eigenvalue weighted by atomic mass is 35.5. The Morgan fingerprint density at radius 2 is 2.04 bits per heavy atom. The monoisotopic (exact) mass is 429 g/mol. The van der Waals surface area contributed by atoms with Crippen molar-refractivity contribution in [3.8, 4) is 10.6 Å². The Kier molecular flexibility index (Phi) is 10.2. The van der Waals surface area contributed by atoms with Crippen molar-refractivity contribution < 1.29 is 4.79 Å². The van der Waals surface area contributed by atoms with E-state index in [1.807, 2.05) is 18.4 Å². The van der Waals surface area contributed by atoms with Gasteiger partial charge in [0.2, 0.25) is 5.91 Å². The first-order valence-corrected chi connectivity index (χ1v) is 8.41. The van der Waals surface area contributed by atoms with Gasteiger partial charge in [0.15, 0.2) is 0 Å². The van der Waals surface area contributed by atoms with Crippen LogP contribution in [0.5, 0.6) is 0 Å². The number of halogens is 4. The van der Waals surface area contributed by atoms with Crippen LogP contribution in [0.3, 0.4) is 0 Å². The Hall–Kier alpha value is -0.560. The van der Waals surface area contributed by atoms with Crippen LogP contribution >= 0.6 is 59.4 Å². The van der Waals surface area contributed by atoms with Crippen molar-refractivity contribution in [1.82, 2.24) is 9.88 Å². The molecule has 1 aromatic heterocycles. The molecule has 1 amide bonds. The fourth-order valence-corrected chi connectivity index (χ4v) is 3.27. The Morgan fingerprint density at radius 1 is 1.38 bits per heavy atom. The minimum Gasteiger partial charge on any atom is -0.341 e. The number of thiazole rings is 1. The number of carbonyl (C=O) groups is 1. The number of nitrogens with zero attached hydrogens (tertiary/aromatic N) is 2. The molecular formula is C15H19Cl4N3OS. The molecule has 4 nitrogen and oxygen atoms in total. The van der Waals surface area contributed by atoms with Gasteiger partial charge in [-0.3, -0.25) is 4.79 Å². The van der Waals surface area contributed by atoms with Crippen molar-refractivity contribution in [2.75, 3.05) is 13.6 Å². The molecule has 1 heterocycles. The van der Waals surface area contributed by atoms with Crippen molar-refractivity contribution in [3.63, 3.8) is 0 Å². The van der Waals surface area contributed by atoms with Crippen LogP contribution in [0.25, 0.3) is 10.6 Å². The van der Waals surface area contributed by atoms with Crippen molar-refractivity contribution in [3.05, 3.63) is 39.3 Å². The SMILES string of the molecule is CC(CN)N(C)C(=O)Cc1csc(-c2ccc(Cl)cc2Cl)n1.Cl.Cl. The van der Waals surface area contributed by atoms with Crippen LogP contribution in [0.2, 0.25) is 10.0 Å². The lowest BCUT2D eigenvalue weighted by Crippen LogP contribution is -2.40. The first kappa shape index (κ1) is 23.4. The maximum Gasteiger partial charge on any atom is 0.228 e. The van der Waals surface area contributed by atoms with E-state index in [9.17, 15) is 4.79 Å². The summed E-state index contributed by atoms with van der Waals surface area (Å²) in [5.74, 6) is -0.00277. The lowest BCUT2D eigenvalue weighted by Gasteiger charge is -2.23. The molecule has 1 unspecified atom stereocenters. The highest BCUT2D eigenvalue weighted by Gasteiger charge is 2.17. The summed E-state index contributed by atoms with van der Waals surface area (Å²) >= 11 is 13.5. The van der Waals surface area contributed by atoms with E-state index in [1.165, 1.54) is 11.3 Å². The number of nitrogens with two attached hydrogens (primary N) is 1. The predicted octanol–water partition coefficient (Wildman–Crippen LogP) is 4.31. The first-order valence-electron chi connectivity index (χ1n) is 6.78. The highest BCUT2D eigenvalue weighted by Crippen LogP contribution is 2.32. The van der Waals surface area contributed by atoms with E-state index in [4.69, 9.17) is 28.9 Å². The van der Waals surface area contributed by atoms with Crippen LogP contribution in [0.1, 0.15) is 12.6 Å². The summed E-state index contributed by atoms with van der Waals surface area (Å²) in [6.07, 6.45) is 0.253. The first-order chi connectivity index (χ1) is 10.4. The number of hydrogen-bond donors (Lipinski definition) is 1. The third kappa shape index (κ3) is 5.76. The quantitative estimate of drug-likeness (QED) is 0.768. The van der Waals surface area contributed by atoms with E-state index in [2.05, 4.69) is 4.98 Å². The summed E-state index contributed by atoms with van der Waals surface area (Å²) in [6.45, 7) is 2.35. The molecule has 0 saturated carbocycles. The largest absolute Gasteiger partial charge is 0.341 e. The Morgan fingerprint density at radius 3 is 2.62 bits per heavy atom. The van der Waals surface area contributed by atoms with Gasteiger partial charge >= 0.3 is 0 Å². The van der Waals surface area contributed by atoms with Gasteiger partial charge in [-0.05, 0) is 25.1 Å². The molecule has 0 bridgehead atoms. The standard InChI is InChI=1S/C15H17Cl2N3OS.2ClH/c1-9(7-18)20(2)14(21)6-11-8-22-15(19-11)12-4-3-10(16)5-13(12)17;;/h3-5,8-9H,6-7,18H2,1-2H3;2*1H. The third-order valence-electron chi connectivity index (χ3n) is 3.44. The van der Waals surface area contributed by atoms with Gasteiger partial charge in [-0.2, -0.15) is 0 Å². The maximum atomic E-state index is 12.2. The second kappa shape index (κ2) is 10.4. The van der Waals surface area contributed by atoms with Gasteiger partial charge in [-0.15, -0.1) is 36.2 Å². The molecule has 9 heteroatoms. The second-order valence-electron chi connectivity index (χ2n) is 5.03. The molecule has 2 aromatic rings.